The van der Waals surface area contributed by atoms with Crippen LogP contribution in [0.15, 0.2) is 85.0 Å². The zero-order chi connectivity index (χ0) is 20.9. The Morgan fingerprint density at radius 2 is 1.55 bits per heavy atom. The number of para-hydroxylation sites is 1. The second kappa shape index (κ2) is 6.64. The molecule has 0 spiro atoms. The van der Waals surface area contributed by atoms with Gasteiger partial charge in [-0.25, -0.2) is 4.99 Å². The lowest BCUT2D eigenvalue weighted by Crippen LogP contribution is -2.72. The van der Waals surface area contributed by atoms with Crippen LogP contribution in [0, 0.1) is 0 Å². The van der Waals surface area contributed by atoms with Crippen LogP contribution in [0.3, 0.4) is 0 Å². The molecule has 0 aromatic heterocycles. The van der Waals surface area contributed by atoms with Crippen molar-refractivity contribution in [2.75, 3.05) is 0 Å². The summed E-state index contributed by atoms with van der Waals surface area (Å²) in [4.78, 5) is 30.4. The quantitative estimate of drug-likeness (QED) is 0.555. The monoisotopic (exact) mass is 406 g/mol. The Kier molecular flexibility index (Phi) is 3.77. The van der Waals surface area contributed by atoms with E-state index in [-0.39, 0.29) is 28.8 Å². The second-order valence-electron chi connectivity index (χ2n) is 7.48. The summed E-state index contributed by atoms with van der Waals surface area (Å²) in [5, 5.41) is 0. The molecule has 1 unspecified atom stereocenters. The molecule has 148 valence electrons. The summed E-state index contributed by atoms with van der Waals surface area (Å²) in [6.45, 7) is 0. The fourth-order valence-corrected chi connectivity index (χ4v) is 4.17. The molecule has 1 atom stereocenters. The van der Waals surface area contributed by atoms with Crippen LogP contribution in [0.1, 0.15) is 31.8 Å². The molecule has 0 saturated carbocycles. The third-order valence-electron chi connectivity index (χ3n) is 5.60. The van der Waals surface area contributed by atoms with Crippen molar-refractivity contribution in [1.82, 2.24) is 0 Å². The first kappa shape index (κ1) is 17.6. The molecule has 1 heterocycles. The third kappa shape index (κ3) is 2.67. The molecule has 5 heteroatoms. The summed E-state index contributed by atoms with van der Waals surface area (Å²) in [6, 6.07) is 17.7. The highest BCUT2D eigenvalue weighted by atomic mass is 16.5. The van der Waals surface area contributed by atoms with E-state index < -0.39 is 0 Å². The van der Waals surface area contributed by atoms with Crippen molar-refractivity contribution in [2.24, 2.45) is 0 Å². The maximum Gasteiger partial charge on any atom is 0.258 e. The maximum absolute atomic E-state index is 13.5. The lowest BCUT2D eigenvalue weighted by Gasteiger charge is -2.25. The van der Waals surface area contributed by atoms with Gasteiger partial charge in [-0.3, -0.25) is 9.59 Å². The molecule has 5 nitrogen and oxygen atoms in total. The van der Waals surface area contributed by atoms with Gasteiger partial charge in [0.1, 0.15) is 17.1 Å². The van der Waals surface area contributed by atoms with Crippen LogP contribution in [-0.4, -0.2) is 23.4 Å². The summed E-state index contributed by atoms with van der Waals surface area (Å²) in [5.74, 6) is 0.866. The van der Waals surface area contributed by atoms with Gasteiger partial charge in [0.05, 0.1) is 5.56 Å². The number of benzene rings is 3. The summed E-state index contributed by atoms with van der Waals surface area (Å²) in [5.41, 5.74) is 2.59. The van der Waals surface area contributed by atoms with Crippen LogP contribution in [0.25, 0.3) is 0 Å². The van der Waals surface area contributed by atoms with Gasteiger partial charge in [-0.1, -0.05) is 54.6 Å². The molecular weight excluding hydrogens is 390 g/mol. The van der Waals surface area contributed by atoms with Gasteiger partial charge in [-0.15, -0.1) is 0 Å². The van der Waals surface area contributed by atoms with Gasteiger partial charge in [0.25, 0.3) is 5.69 Å². The lowest BCUT2D eigenvalue weighted by molar-refractivity contribution is -0.362. The van der Waals surface area contributed by atoms with Crippen molar-refractivity contribution in [3.8, 4) is 17.2 Å². The third-order valence-corrected chi connectivity index (χ3v) is 5.60. The summed E-state index contributed by atoms with van der Waals surface area (Å²) >= 11 is 0. The van der Waals surface area contributed by atoms with Gasteiger partial charge in [0.15, 0.2) is 11.5 Å². The molecule has 3 aromatic carbocycles. The van der Waals surface area contributed by atoms with E-state index in [1.807, 2.05) is 42.5 Å². The van der Waals surface area contributed by atoms with Gasteiger partial charge in [-0.2, -0.15) is 0 Å². The topological polar surface area (TPSA) is 66.6 Å². The van der Waals surface area contributed by atoms with E-state index in [0.717, 1.165) is 5.71 Å². The number of allylic oxidation sites excluding steroid dienone is 2. The average Bonchev–Trinajstić information content (AvgIpc) is 2.81. The molecule has 0 radical (unpaired) electrons. The molecule has 3 aromatic rings. The molecule has 1 aliphatic heterocycles. The molecule has 6 rings (SSSR count). The molecule has 0 bridgehead atoms. The SMILES string of the molecule is O=C1c2ccccc2C(=O)c2c3c(cc(Oc4ccccc4)c21)OC1C=CC=CC1=[NH+]3. The van der Waals surface area contributed by atoms with E-state index in [1.54, 1.807) is 42.5 Å². The van der Waals surface area contributed by atoms with Crippen molar-refractivity contribution in [2.45, 2.75) is 6.10 Å². The minimum Gasteiger partial charge on any atom is -0.468 e. The lowest BCUT2D eigenvalue weighted by atomic mass is 9.82. The predicted molar refractivity (Wildman–Crippen MR) is 115 cm³/mol. The van der Waals surface area contributed by atoms with Gasteiger partial charge in [0.2, 0.25) is 17.6 Å². The van der Waals surface area contributed by atoms with E-state index in [4.69, 9.17) is 9.47 Å². The zero-order valence-corrected chi connectivity index (χ0v) is 16.3. The number of nitrogens with one attached hydrogen (secondary N) is 1. The summed E-state index contributed by atoms with van der Waals surface area (Å²) < 4.78 is 12.3. The minimum absolute atomic E-state index is 0.231. The van der Waals surface area contributed by atoms with Crippen molar-refractivity contribution in [3.63, 3.8) is 0 Å². The average molecular weight is 406 g/mol. The van der Waals surface area contributed by atoms with Crippen LogP contribution in [0.2, 0.25) is 0 Å². The van der Waals surface area contributed by atoms with Crippen LogP contribution < -0.4 is 14.5 Å². The number of hydrogen-bond donors (Lipinski definition) is 1. The standard InChI is InChI=1S/C26H15NO4/c28-25-16-10-4-5-11-17(16)26(29)23-22(25)20(30-15-8-2-1-3-9-15)14-21-24(23)27-18-12-6-7-13-19(18)31-21/h1-14,19H/p+1. The first-order valence-electron chi connectivity index (χ1n) is 9.98. The highest BCUT2D eigenvalue weighted by molar-refractivity contribution is 6.31. The van der Waals surface area contributed by atoms with Crippen molar-refractivity contribution in [3.05, 3.63) is 107 Å². The smallest absolute Gasteiger partial charge is 0.258 e. The zero-order valence-electron chi connectivity index (χ0n) is 16.3. The number of rotatable bonds is 2. The second-order valence-corrected chi connectivity index (χ2v) is 7.48. The first-order valence-corrected chi connectivity index (χ1v) is 9.98. The number of hydrogen-bond acceptors (Lipinski definition) is 4. The van der Waals surface area contributed by atoms with Crippen LogP contribution in [-0.2, 0) is 0 Å². The molecule has 3 aliphatic rings. The maximum atomic E-state index is 13.5. The molecule has 0 amide bonds. The number of carbonyl (C=O) groups is 2. The minimum atomic E-state index is -0.290. The van der Waals surface area contributed by atoms with Crippen molar-refractivity contribution < 1.29 is 24.1 Å². The Labute approximate surface area is 178 Å². The van der Waals surface area contributed by atoms with Crippen LogP contribution in [0.5, 0.6) is 17.2 Å². The van der Waals surface area contributed by atoms with Crippen molar-refractivity contribution in [1.29, 1.82) is 0 Å². The van der Waals surface area contributed by atoms with E-state index >= 15 is 0 Å². The molecule has 2 aliphatic carbocycles. The van der Waals surface area contributed by atoms with E-state index in [1.165, 1.54) is 0 Å². The molecule has 0 saturated heterocycles. The summed E-state index contributed by atoms with van der Waals surface area (Å²) in [6.07, 6.45) is 7.34. The molecule has 31 heavy (non-hydrogen) atoms. The Balaban J connectivity index is 1.62. The van der Waals surface area contributed by atoms with Gasteiger partial charge >= 0.3 is 0 Å². The largest absolute Gasteiger partial charge is 0.468 e. The van der Waals surface area contributed by atoms with E-state index in [2.05, 4.69) is 4.99 Å². The van der Waals surface area contributed by atoms with Gasteiger partial charge in [-0.05, 0) is 18.2 Å². The highest BCUT2D eigenvalue weighted by Gasteiger charge is 2.41. The van der Waals surface area contributed by atoms with Crippen LogP contribution in [0.4, 0.5) is 5.69 Å². The Bertz CT molecular complexity index is 1370. The number of ether oxygens (including phenoxy) is 2. The number of carbonyl (C=O) groups excluding carboxylic acids is 2. The first-order chi connectivity index (χ1) is 15.2. The van der Waals surface area contributed by atoms with Crippen LogP contribution >= 0.6 is 0 Å². The Hall–Kier alpha value is -4.25. The molecule has 0 fully saturated rings. The van der Waals surface area contributed by atoms with Gasteiger partial charge in [0, 0.05) is 23.3 Å². The fraction of sp³-hybridized carbons (Fsp3) is 0.0385. The van der Waals surface area contributed by atoms with E-state index in [0.29, 0.717) is 34.1 Å². The molecular formula is C26H16NO4+. The van der Waals surface area contributed by atoms with Crippen molar-refractivity contribution >= 4 is 23.0 Å². The van der Waals surface area contributed by atoms with Gasteiger partial charge < -0.3 is 9.47 Å². The number of fused-ring (bicyclic) bond motifs is 5. The fourth-order valence-electron chi connectivity index (χ4n) is 4.17. The highest BCUT2D eigenvalue weighted by Crippen LogP contribution is 2.43. The molecule has 1 N–H and O–H groups in total. The Morgan fingerprint density at radius 1 is 0.839 bits per heavy atom. The summed E-state index contributed by atoms with van der Waals surface area (Å²) in [7, 11) is 0. The number of ketones is 2. The van der Waals surface area contributed by atoms with E-state index in [9.17, 15) is 9.59 Å². The Morgan fingerprint density at radius 3 is 2.32 bits per heavy atom. The predicted octanol–water partition coefficient (Wildman–Crippen LogP) is 3.29. The normalized spacial score (nSPS) is 17.7.